The molecule has 1 aliphatic rings. The van der Waals surface area contributed by atoms with E-state index in [0.29, 0.717) is 4.75 Å². The highest BCUT2D eigenvalue weighted by Crippen LogP contribution is 2.46. The van der Waals surface area contributed by atoms with Gasteiger partial charge in [0.2, 0.25) is 0 Å². The van der Waals surface area contributed by atoms with E-state index in [2.05, 4.69) is 16.9 Å². The van der Waals surface area contributed by atoms with Crippen LogP contribution >= 0.6 is 24.0 Å². The molecule has 0 aromatic carbocycles. The van der Waals surface area contributed by atoms with E-state index in [-0.39, 0.29) is 0 Å². The van der Waals surface area contributed by atoms with Crippen LogP contribution in [0.4, 0.5) is 0 Å². The first-order valence-corrected chi connectivity index (χ1v) is 6.91. The summed E-state index contributed by atoms with van der Waals surface area (Å²) in [6, 6.07) is 0. The highest BCUT2D eigenvalue weighted by Gasteiger charge is 2.41. The van der Waals surface area contributed by atoms with Gasteiger partial charge in [0, 0.05) is 31.6 Å². The van der Waals surface area contributed by atoms with Crippen LogP contribution in [0.5, 0.6) is 0 Å². The van der Waals surface area contributed by atoms with E-state index in [4.69, 9.17) is 17.0 Å². The summed E-state index contributed by atoms with van der Waals surface area (Å²) in [6.45, 7) is 2.65. The summed E-state index contributed by atoms with van der Waals surface area (Å²) in [6.07, 6.45) is 5.79. The second-order valence-corrected chi connectivity index (χ2v) is 5.53. The minimum atomic E-state index is 0.471. The van der Waals surface area contributed by atoms with Crippen molar-refractivity contribution in [3.8, 4) is 0 Å². The molecule has 0 aliphatic heterocycles. The van der Waals surface area contributed by atoms with Crippen LogP contribution in [-0.4, -0.2) is 42.9 Å². The molecule has 0 aromatic rings. The summed E-state index contributed by atoms with van der Waals surface area (Å²) in [5, 5.41) is 7.21. The predicted octanol–water partition coefficient (Wildman–Crippen LogP) is 1.38. The van der Waals surface area contributed by atoms with E-state index in [1.54, 1.807) is 7.11 Å². The topological polar surface area (TPSA) is 33.3 Å². The lowest BCUT2D eigenvalue weighted by Gasteiger charge is -2.15. The molecule has 0 saturated heterocycles. The van der Waals surface area contributed by atoms with E-state index in [0.717, 1.165) is 31.2 Å². The van der Waals surface area contributed by atoms with Gasteiger partial charge in [0.05, 0.1) is 0 Å². The largest absolute Gasteiger partial charge is 0.385 e. The van der Waals surface area contributed by atoms with E-state index in [1.165, 1.54) is 12.8 Å². The van der Waals surface area contributed by atoms with Gasteiger partial charge in [-0.2, -0.15) is 11.8 Å². The van der Waals surface area contributed by atoms with Crippen molar-refractivity contribution in [2.45, 2.75) is 24.0 Å². The summed E-state index contributed by atoms with van der Waals surface area (Å²) < 4.78 is 5.43. The molecule has 5 heteroatoms. The first-order chi connectivity index (χ1) is 7.22. The van der Waals surface area contributed by atoms with Crippen molar-refractivity contribution in [1.29, 1.82) is 0 Å². The second kappa shape index (κ2) is 6.55. The van der Waals surface area contributed by atoms with Crippen molar-refractivity contribution < 1.29 is 4.74 Å². The molecular weight excluding hydrogens is 228 g/mol. The monoisotopic (exact) mass is 248 g/mol. The normalized spacial score (nSPS) is 17.2. The average molecular weight is 248 g/mol. The van der Waals surface area contributed by atoms with E-state index >= 15 is 0 Å². The molecule has 2 N–H and O–H groups in total. The molecule has 1 saturated carbocycles. The van der Waals surface area contributed by atoms with Gasteiger partial charge >= 0.3 is 0 Å². The highest BCUT2D eigenvalue weighted by atomic mass is 32.2. The maximum atomic E-state index is 5.18. The van der Waals surface area contributed by atoms with Crippen LogP contribution in [0.2, 0.25) is 0 Å². The van der Waals surface area contributed by atoms with E-state index < -0.39 is 0 Å². The first kappa shape index (κ1) is 13.1. The van der Waals surface area contributed by atoms with Crippen LogP contribution in [0.25, 0.3) is 0 Å². The Kier molecular flexibility index (Phi) is 5.71. The third-order valence-electron chi connectivity index (χ3n) is 2.62. The quantitative estimate of drug-likeness (QED) is 0.525. The van der Waals surface area contributed by atoms with Crippen molar-refractivity contribution in [3.63, 3.8) is 0 Å². The molecule has 0 heterocycles. The van der Waals surface area contributed by atoms with Gasteiger partial charge in [0.25, 0.3) is 0 Å². The van der Waals surface area contributed by atoms with Gasteiger partial charge in [0.15, 0.2) is 5.11 Å². The zero-order valence-electron chi connectivity index (χ0n) is 9.47. The standard InChI is InChI=1S/C10H20N2OS2/c1-13-7-3-6-11-9(14)12-8-10(15-2)4-5-10/h3-8H2,1-2H3,(H2,11,12,14). The summed E-state index contributed by atoms with van der Waals surface area (Å²) in [5.41, 5.74) is 0. The van der Waals surface area contributed by atoms with Gasteiger partial charge < -0.3 is 15.4 Å². The molecule has 1 aliphatic carbocycles. The number of thiocarbonyl (C=S) groups is 1. The molecule has 0 aromatic heterocycles. The maximum absolute atomic E-state index is 5.18. The number of thioether (sulfide) groups is 1. The van der Waals surface area contributed by atoms with Crippen LogP contribution in [0.15, 0.2) is 0 Å². The molecule has 1 rings (SSSR count). The Morgan fingerprint density at radius 3 is 2.73 bits per heavy atom. The molecule has 1 fully saturated rings. The molecule has 88 valence electrons. The smallest absolute Gasteiger partial charge is 0.166 e. The summed E-state index contributed by atoms with van der Waals surface area (Å²) >= 11 is 7.12. The minimum Gasteiger partial charge on any atom is -0.385 e. The highest BCUT2D eigenvalue weighted by molar-refractivity contribution is 8.00. The summed E-state index contributed by atoms with van der Waals surface area (Å²) in [5.74, 6) is 0. The molecule has 0 spiro atoms. The lowest BCUT2D eigenvalue weighted by Crippen LogP contribution is -2.40. The zero-order valence-corrected chi connectivity index (χ0v) is 11.1. The third kappa shape index (κ3) is 5.04. The minimum absolute atomic E-state index is 0.471. The molecule has 3 nitrogen and oxygen atoms in total. The van der Waals surface area contributed by atoms with Gasteiger partial charge in [-0.15, -0.1) is 0 Å². The Balaban J connectivity index is 1.99. The average Bonchev–Trinajstić information content (AvgIpc) is 3.02. The molecule has 15 heavy (non-hydrogen) atoms. The number of ether oxygens (including phenoxy) is 1. The number of nitrogens with one attached hydrogen (secondary N) is 2. The number of methoxy groups -OCH3 is 1. The number of hydrogen-bond acceptors (Lipinski definition) is 3. The second-order valence-electron chi connectivity index (χ2n) is 3.84. The molecule has 0 atom stereocenters. The van der Waals surface area contributed by atoms with Crippen molar-refractivity contribution in [2.75, 3.05) is 33.1 Å². The Hall–Kier alpha value is 0. The Labute approximate surface area is 102 Å². The number of hydrogen-bond donors (Lipinski definition) is 2. The molecular formula is C10H20N2OS2. The third-order valence-corrected chi connectivity index (χ3v) is 4.33. The Morgan fingerprint density at radius 2 is 2.20 bits per heavy atom. The van der Waals surface area contributed by atoms with Crippen molar-refractivity contribution >= 4 is 29.1 Å². The molecule has 0 unspecified atom stereocenters. The van der Waals surface area contributed by atoms with Crippen LogP contribution in [-0.2, 0) is 4.74 Å². The van der Waals surface area contributed by atoms with Crippen molar-refractivity contribution in [1.82, 2.24) is 10.6 Å². The first-order valence-electron chi connectivity index (χ1n) is 5.28. The van der Waals surface area contributed by atoms with Gasteiger partial charge in [-0.3, -0.25) is 0 Å². The van der Waals surface area contributed by atoms with E-state index in [1.807, 2.05) is 11.8 Å². The fraction of sp³-hybridized carbons (Fsp3) is 0.900. The molecule has 0 bridgehead atoms. The molecule has 0 amide bonds. The van der Waals surface area contributed by atoms with Gasteiger partial charge in [-0.25, -0.2) is 0 Å². The lowest BCUT2D eigenvalue weighted by molar-refractivity contribution is 0.195. The van der Waals surface area contributed by atoms with Crippen LogP contribution in [0.3, 0.4) is 0 Å². The Bertz CT molecular complexity index is 208. The van der Waals surface area contributed by atoms with Crippen LogP contribution < -0.4 is 10.6 Å². The molecule has 0 radical (unpaired) electrons. The zero-order chi connectivity index (χ0) is 11.1. The fourth-order valence-electron chi connectivity index (χ4n) is 1.31. The SMILES string of the molecule is COCCCNC(=S)NCC1(SC)CC1. The fourth-order valence-corrected chi connectivity index (χ4v) is 2.22. The Morgan fingerprint density at radius 1 is 1.47 bits per heavy atom. The van der Waals surface area contributed by atoms with E-state index in [9.17, 15) is 0 Å². The number of rotatable bonds is 7. The van der Waals surface area contributed by atoms with Crippen LogP contribution in [0, 0.1) is 0 Å². The van der Waals surface area contributed by atoms with Gasteiger partial charge in [-0.1, -0.05) is 0 Å². The van der Waals surface area contributed by atoms with Crippen molar-refractivity contribution in [3.05, 3.63) is 0 Å². The predicted molar refractivity (Wildman–Crippen MR) is 70.6 cm³/mol. The summed E-state index contributed by atoms with van der Waals surface area (Å²) in [4.78, 5) is 0. The maximum Gasteiger partial charge on any atom is 0.166 e. The summed E-state index contributed by atoms with van der Waals surface area (Å²) in [7, 11) is 1.71. The van der Waals surface area contributed by atoms with Gasteiger partial charge in [0.1, 0.15) is 0 Å². The lowest BCUT2D eigenvalue weighted by atomic mass is 10.4. The van der Waals surface area contributed by atoms with Gasteiger partial charge in [-0.05, 0) is 37.7 Å². The van der Waals surface area contributed by atoms with Crippen molar-refractivity contribution in [2.24, 2.45) is 0 Å². The van der Waals surface area contributed by atoms with Crippen LogP contribution in [0.1, 0.15) is 19.3 Å².